The number of hydrogen-bond donors (Lipinski definition) is 1. The van der Waals surface area contributed by atoms with E-state index in [1.807, 2.05) is 0 Å². The van der Waals surface area contributed by atoms with E-state index in [0.717, 1.165) is 0 Å². The van der Waals surface area contributed by atoms with Crippen LogP contribution >= 0.6 is 0 Å². The quantitative estimate of drug-likeness (QED) is 0.746. The molecule has 4 nitrogen and oxygen atoms in total. The predicted molar refractivity (Wildman–Crippen MR) is 56.7 cm³/mol. The Morgan fingerprint density at radius 3 is 3.13 bits per heavy atom. The second kappa shape index (κ2) is 3.46. The van der Waals surface area contributed by atoms with Gasteiger partial charge in [0.1, 0.15) is 12.4 Å². The molecule has 0 saturated carbocycles. The monoisotopic (exact) mass is 210 g/mol. The van der Waals surface area contributed by atoms with Crippen LogP contribution in [-0.4, -0.2) is 31.5 Å². The van der Waals surface area contributed by atoms with Gasteiger partial charge in [-0.1, -0.05) is 12.1 Å². The molecule has 0 amide bonds. The fourth-order valence-corrected chi connectivity index (χ4v) is 1.41. The molecule has 0 saturated heterocycles. The summed E-state index contributed by atoms with van der Waals surface area (Å²) in [5.41, 5.74) is 0. The van der Waals surface area contributed by atoms with Crippen LogP contribution in [0.15, 0.2) is 29.2 Å². The van der Waals surface area contributed by atoms with Gasteiger partial charge in [0, 0.05) is 6.50 Å². The fraction of sp³-hybridized carbons (Fsp3) is 0.364. The van der Waals surface area contributed by atoms with Crippen LogP contribution in [0.3, 0.4) is 0 Å². The molecule has 3 rings (SSSR count). The van der Waals surface area contributed by atoms with Gasteiger partial charge < -0.3 is 14.8 Å². The van der Waals surface area contributed by atoms with Crippen LogP contribution in [0.4, 0.5) is 0 Å². The molecule has 1 atom stereocenters. The van der Waals surface area contributed by atoms with Crippen molar-refractivity contribution in [3.05, 3.63) is 24.2 Å². The number of rotatable bonds is 1. The zero-order chi connectivity index (χ0) is 15.4. The maximum Gasteiger partial charge on any atom is 0.189 e. The number of aliphatic imine (C=N–C) groups is 1. The summed E-state index contributed by atoms with van der Waals surface area (Å²) in [4.78, 5) is 3.68. The molecule has 0 spiro atoms. The number of amidine groups is 1. The Bertz CT molecular complexity index is 633. The molecule has 0 aromatic heterocycles. The molecule has 2 aliphatic rings. The summed E-state index contributed by atoms with van der Waals surface area (Å²) in [5.74, 6) is 0.610. The predicted octanol–water partition coefficient (Wildman–Crippen LogP) is 0.828. The Labute approximate surface area is 96.3 Å². The topological polar surface area (TPSA) is 42.8 Å². The highest BCUT2D eigenvalue weighted by Gasteiger charge is 2.26. The summed E-state index contributed by atoms with van der Waals surface area (Å²) in [6.07, 6.45) is -0.791. The first-order valence-electron chi connectivity index (χ1n) is 7.48. The first-order valence-corrected chi connectivity index (χ1v) is 4.48. The third kappa shape index (κ3) is 1.52. The number of nitrogens with zero attached hydrogens (tertiary/aromatic N) is 1. The van der Waals surface area contributed by atoms with Crippen molar-refractivity contribution in [3.8, 4) is 11.5 Å². The third-order valence-electron chi connectivity index (χ3n) is 2.12. The van der Waals surface area contributed by atoms with Crippen molar-refractivity contribution < 1.29 is 17.7 Å². The van der Waals surface area contributed by atoms with Gasteiger partial charge >= 0.3 is 0 Å². The molecule has 78 valence electrons. The highest BCUT2D eigenvalue weighted by Crippen LogP contribution is 2.31. The molecule has 0 unspecified atom stereocenters. The van der Waals surface area contributed by atoms with Crippen LogP contribution < -0.4 is 14.8 Å². The van der Waals surface area contributed by atoms with Gasteiger partial charge in [0.05, 0.1) is 14.7 Å². The zero-order valence-electron chi connectivity index (χ0n) is 13.7. The minimum absolute atomic E-state index is 0.0137. The van der Waals surface area contributed by atoms with Gasteiger partial charge in [-0.2, -0.15) is 0 Å². The number of benzene rings is 1. The van der Waals surface area contributed by atoms with Gasteiger partial charge in [-0.25, -0.2) is 0 Å². The van der Waals surface area contributed by atoms with Crippen LogP contribution in [0.1, 0.15) is 8.22 Å². The van der Waals surface area contributed by atoms with Crippen LogP contribution in [-0.2, 0) is 0 Å². The van der Waals surface area contributed by atoms with E-state index in [9.17, 15) is 0 Å². The number of hydrogen-bond acceptors (Lipinski definition) is 4. The standard InChI is InChI=1S/C11H12N2O2/c1-2-4-9-8(3-1)14-7-10(15-9)11-12-5-6-13-11/h1-4,10H,5-7H2,(H,12,13)/t10-/m0/s1/i1D,2D,5D2,6D2. The van der Waals surface area contributed by atoms with Gasteiger partial charge in [0.2, 0.25) is 0 Å². The van der Waals surface area contributed by atoms with Crippen molar-refractivity contribution in [1.29, 1.82) is 0 Å². The van der Waals surface area contributed by atoms with Crippen molar-refractivity contribution in [2.24, 2.45) is 4.99 Å². The van der Waals surface area contributed by atoms with E-state index < -0.39 is 19.1 Å². The summed E-state index contributed by atoms with van der Waals surface area (Å²) in [5, 5.41) is 2.37. The Hall–Kier alpha value is -1.71. The molecule has 0 radical (unpaired) electrons. The van der Waals surface area contributed by atoms with Crippen LogP contribution in [0.2, 0.25) is 0 Å². The van der Waals surface area contributed by atoms with E-state index in [1.54, 1.807) is 0 Å². The molecule has 0 bridgehead atoms. The molecule has 4 heteroatoms. The van der Waals surface area contributed by atoms with Crippen molar-refractivity contribution in [2.45, 2.75) is 6.10 Å². The van der Waals surface area contributed by atoms with E-state index in [4.69, 9.17) is 17.7 Å². The van der Waals surface area contributed by atoms with Crippen LogP contribution in [0.5, 0.6) is 11.5 Å². The second-order valence-corrected chi connectivity index (χ2v) is 3.08. The largest absolute Gasteiger partial charge is 0.485 e. The SMILES string of the molecule is [2H]c1cc2c(cc1[2H])O[C@H](C1=NC([2H])([2H])C([2H])([2H])N1)CO2. The highest BCUT2D eigenvalue weighted by atomic mass is 16.6. The van der Waals surface area contributed by atoms with Gasteiger partial charge in [-0.05, 0) is 12.1 Å². The molecule has 1 aromatic rings. The molecule has 1 N–H and O–H groups in total. The van der Waals surface area contributed by atoms with Crippen molar-refractivity contribution in [2.75, 3.05) is 19.6 Å². The summed E-state index contributed by atoms with van der Waals surface area (Å²) in [6.45, 7) is -4.70. The minimum Gasteiger partial charge on any atom is -0.485 e. The Balaban J connectivity index is 1.86. The summed E-state index contributed by atoms with van der Waals surface area (Å²) >= 11 is 0. The molecular formula is C11H12N2O2. The first-order chi connectivity index (χ1) is 9.69. The Kier molecular flexibility index (Phi) is 1.02. The second-order valence-electron chi connectivity index (χ2n) is 3.08. The lowest BCUT2D eigenvalue weighted by Gasteiger charge is -2.26. The third-order valence-corrected chi connectivity index (χ3v) is 2.12. The Morgan fingerprint density at radius 2 is 2.33 bits per heavy atom. The molecule has 2 aliphatic heterocycles. The molecule has 15 heavy (non-hydrogen) atoms. The first kappa shape index (κ1) is 4.43. The van der Waals surface area contributed by atoms with E-state index in [0.29, 0.717) is 5.75 Å². The lowest BCUT2D eigenvalue weighted by Crippen LogP contribution is -2.42. The van der Waals surface area contributed by atoms with E-state index in [2.05, 4.69) is 10.3 Å². The summed E-state index contributed by atoms with van der Waals surface area (Å²) < 4.78 is 56.3. The number of nitrogens with one attached hydrogen (secondary N) is 1. The maximum atomic E-state index is 7.57. The van der Waals surface area contributed by atoms with Crippen LogP contribution in [0.25, 0.3) is 0 Å². The van der Waals surface area contributed by atoms with Gasteiger partial charge in [-0.15, -0.1) is 0 Å². The zero-order valence-corrected chi connectivity index (χ0v) is 7.70. The normalized spacial score (nSPS) is 35.7. The summed E-state index contributed by atoms with van der Waals surface area (Å²) in [6, 6.07) is 2.70. The molecule has 1 aromatic carbocycles. The van der Waals surface area contributed by atoms with Crippen LogP contribution in [0, 0.1) is 0 Å². The number of para-hydroxylation sites is 2. The van der Waals surface area contributed by atoms with Gasteiger partial charge in [0.25, 0.3) is 0 Å². The van der Waals surface area contributed by atoms with Crippen molar-refractivity contribution in [1.82, 2.24) is 5.32 Å². The molecule has 2 heterocycles. The van der Waals surface area contributed by atoms with E-state index in [-0.39, 0.29) is 30.3 Å². The molecule has 0 aliphatic carbocycles. The van der Waals surface area contributed by atoms with E-state index >= 15 is 0 Å². The lowest BCUT2D eigenvalue weighted by atomic mass is 10.2. The lowest BCUT2D eigenvalue weighted by molar-refractivity contribution is 0.133. The average molecular weight is 210 g/mol. The van der Waals surface area contributed by atoms with Gasteiger partial charge in [-0.3, -0.25) is 4.99 Å². The molecular weight excluding hydrogens is 192 g/mol. The summed E-state index contributed by atoms with van der Waals surface area (Å²) in [7, 11) is 0. The molecule has 0 fully saturated rings. The maximum absolute atomic E-state index is 7.57. The average Bonchev–Trinajstić information content (AvgIpc) is 2.59. The minimum atomic E-state index is -2.39. The smallest absolute Gasteiger partial charge is 0.189 e. The van der Waals surface area contributed by atoms with Crippen molar-refractivity contribution in [3.63, 3.8) is 0 Å². The fourth-order valence-electron chi connectivity index (χ4n) is 1.41. The van der Waals surface area contributed by atoms with Gasteiger partial charge in [0.15, 0.2) is 17.6 Å². The van der Waals surface area contributed by atoms with Crippen molar-refractivity contribution >= 4 is 5.84 Å². The number of fused-ring (bicyclic) bond motifs is 1. The number of ether oxygens (including phenoxy) is 2. The Morgan fingerprint density at radius 1 is 1.47 bits per heavy atom. The highest BCUT2D eigenvalue weighted by molar-refractivity contribution is 5.88. The van der Waals surface area contributed by atoms with E-state index in [1.165, 1.54) is 12.1 Å².